The zero-order valence-corrected chi connectivity index (χ0v) is 17.2. The van der Waals surface area contributed by atoms with E-state index in [4.69, 9.17) is 4.74 Å². The summed E-state index contributed by atoms with van der Waals surface area (Å²) in [6.45, 7) is 4.64. The van der Waals surface area contributed by atoms with E-state index in [0.717, 1.165) is 44.8 Å². The van der Waals surface area contributed by atoms with Gasteiger partial charge in [-0.05, 0) is 24.3 Å². The molecular weight excluding hydrogens is 368 g/mol. The van der Waals surface area contributed by atoms with Crippen LogP contribution in [0.2, 0.25) is 0 Å². The molecule has 8 nitrogen and oxygen atoms in total. The first kappa shape index (κ1) is 21.5. The molecule has 0 bridgehead atoms. The molecule has 0 aromatic heterocycles. The average molecular weight is 399 g/mol. The highest BCUT2D eigenvalue weighted by Gasteiger charge is 2.19. The molecule has 0 unspecified atom stereocenters. The van der Waals surface area contributed by atoms with Gasteiger partial charge in [0.2, 0.25) is 15.9 Å². The molecule has 1 aliphatic heterocycles. The van der Waals surface area contributed by atoms with Gasteiger partial charge in [-0.25, -0.2) is 8.42 Å². The maximum Gasteiger partial charge on any atom is 0.232 e. The van der Waals surface area contributed by atoms with Crippen LogP contribution in [0, 0.1) is 0 Å². The van der Waals surface area contributed by atoms with Crippen molar-refractivity contribution in [1.82, 2.24) is 10.2 Å². The molecule has 1 fully saturated rings. The zero-order chi connectivity index (χ0) is 19.9. The number of nitrogens with one attached hydrogen (secondary N) is 1. The molecule has 0 radical (unpaired) electrons. The van der Waals surface area contributed by atoms with Crippen LogP contribution in [-0.4, -0.2) is 85.5 Å². The predicted molar refractivity (Wildman–Crippen MR) is 108 cm³/mol. The minimum absolute atomic E-state index is 0.115. The number of carbonyl (C=O) groups excluding carboxylic acids is 1. The third kappa shape index (κ3) is 7.00. The molecule has 1 aromatic carbocycles. The Labute approximate surface area is 162 Å². The summed E-state index contributed by atoms with van der Waals surface area (Å²) < 4.78 is 30.9. The Kier molecular flexibility index (Phi) is 7.88. The maximum absolute atomic E-state index is 12.1. The fourth-order valence-corrected chi connectivity index (χ4v) is 3.80. The van der Waals surface area contributed by atoms with Crippen LogP contribution in [-0.2, 0) is 19.6 Å². The lowest BCUT2D eigenvalue weighted by Crippen LogP contribution is -2.42. The Bertz CT molecular complexity index is 701. The van der Waals surface area contributed by atoms with Crippen LogP contribution >= 0.6 is 0 Å². The van der Waals surface area contributed by atoms with Gasteiger partial charge in [-0.2, -0.15) is 0 Å². The van der Waals surface area contributed by atoms with Gasteiger partial charge in [0.15, 0.2) is 0 Å². The smallest absolute Gasteiger partial charge is 0.232 e. The number of benzene rings is 1. The lowest BCUT2D eigenvalue weighted by Gasteiger charge is -2.26. The molecule has 0 saturated carbocycles. The quantitative estimate of drug-likeness (QED) is 0.647. The van der Waals surface area contributed by atoms with E-state index in [0.29, 0.717) is 12.2 Å². The molecule has 2 rings (SSSR count). The van der Waals surface area contributed by atoms with Gasteiger partial charge in [0.1, 0.15) is 0 Å². The monoisotopic (exact) mass is 398 g/mol. The van der Waals surface area contributed by atoms with Crippen molar-refractivity contribution in [2.45, 2.75) is 6.42 Å². The normalized spacial score (nSPS) is 15.4. The highest BCUT2D eigenvalue weighted by Crippen LogP contribution is 2.21. The summed E-state index contributed by atoms with van der Waals surface area (Å²) >= 11 is 0. The first-order valence-electron chi connectivity index (χ1n) is 9.09. The van der Waals surface area contributed by atoms with Crippen molar-refractivity contribution >= 4 is 27.3 Å². The van der Waals surface area contributed by atoms with Crippen LogP contribution in [0.15, 0.2) is 24.3 Å². The second-order valence-corrected chi connectivity index (χ2v) is 8.71. The van der Waals surface area contributed by atoms with E-state index in [1.54, 1.807) is 12.1 Å². The van der Waals surface area contributed by atoms with Crippen LogP contribution in [0.4, 0.5) is 11.4 Å². The summed E-state index contributed by atoms with van der Waals surface area (Å²) in [4.78, 5) is 16.3. The van der Waals surface area contributed by atoms with Crippen LogP contribution in [0.1, 0.15) is 6.42 Å². The summed E-state index contributed by atoms with van der Waals surface area (Å²) in [6, 6.07) is 7.23. The molecule has 27 heavy (non-hydrogen) atoms. The molecule has 1 saturated heterocycles. The van der Waals surface area contributed by atoms with E-state index < -0.39 is 10.0 Å². The van der Waals surface area contributed by atoms with E-state index >= 15 is 0 Å². The number of sulfonamides is 1. The van der Waals surface area contributed by atoms with E-state index in [2.05, 4.69) is 10.2 Å². The largest absolute Gasteiger partial charge is 0.379 e. The van der Waals surface area contributed by atoms with Gasteiger partial charge >= 0.3 is 0 Å². The van der Waals surface area contributed by atoms with E-state index in [9.17, 15) is 13.2 Å². The molecule has 0 aliphatic carbocycles. The van der Waals surface area contributed by atoms with E-state index in [1.807, 2.05) is 31.1 Å². The van der Waals surface area contributed by atoms with Gasteiger partial charge < -0.3 is 15.0 Å². The molecule has 1 N–H and O–H groups in total. The standard InChI is InChI=1S/C18H30N4O4S/c1-20(2)16-4-6-17(7-5-16)22(27(3,24)25)10-8-18(23)19-9-11-21-12-14-26-15-13-21/h4-7H,8-15H2,1-3H3,(H,19,23). The molecular formula is C18H30N4O4S. The Hall–Kier alpha value is -1.84. The van der Waals surface area contributed by atoms with Crippen molar-refractivity contribution in [1.29, 1.82) is 0 Å². The molecule has 1 aliphatic rings. The van der Waals surface area contributed by atoms with Crippen LogP contribution in [0.5, 0.6) is 0 Å². The Morgan fingerprint density at radius 3 is 2.30 bits per heavy atom. The highest BCUT2D eigenvalue weighted by molar-refractivity contribution is 7.92. The molecule has 1 amide bonds. The van der Waals surface area contributed by atoms with Crippen LogP contribution < -0.4 is 14.5 Å². The number of morpholine rings is 1. The van der Waals surface area contributed by atoms with Crippen LogP contribution in [0.25, 0.3) is 0 Å². The molecule has 9 heteroatoms. The van der Waals surface area contributed by atoms with Gasteiger partial charge in [-0.1, -0.05) is 0 Å². The van der Waals surface area contributed by atoms with Gasteiger partial charge in [-0.15, -0.1) is 0 Å². The Morgan fingerprint density at radius 1 is 1.15 bits per heavy atom. The molecule has 1 aromatic rings. The van der Waals surface area contributed by atoms with E-state index in [1.165, 1.54) is 4.31 Å². The van der Waals surface area contributed by atoms with Gasteiger partial charge in [0.05, 0.1) is 25.2 Å². The average Bonchev–Trinajstić information content (AvgIpc) is 2.62. The number of anilines is 2. The number of hydrogen-bond donors (Lipinski definition) is 1. The molecule has 152 valence electrons. The van der Waals surface area contributed by atoms with Crippen molar-refractivity contribution < 1.29 is 17.9 Å². The van der Waals surface area contributed by atoms with E-state index in [-0.39, 0.29) is 18.9 Å². The topological polar surface area (TPSA) is 82.2 Å². The first-order valence-corrected chi connectivity index (χ1v) is 10.9. The predicted octanol–water partition coefficient (Wildman–Crippen LogP) is 0.357. The van der Waals surface area contributed by atoms with Crippen molar-refractivity contribution in [2.75, 3.05) is 75.5 Å². The number of rotatable bonds is 9. The van der Waals surface area contributed by atoms with Gasteiger partial charge in [0, 0.05) is 58.9 Å². The summed E-state index contributed by atoms with van der Waals surface area (Å²) in [6.07, 6.45) is 1.27. The molecule has 0 atom stereocenters. The summed E-state index contributed by atoms with van der Waals surface area (Å²) in [5.41, 5.74) is 1.54. The third-order valence-corrected chi connectivity index (χ3v) is 5.64. The number of nitrogens with zero attached hydrogens (tertiary/aromatic N) is 3. The van der Waals surface area contributed by atoms with Crippen molar-refractivity contribution in [3.63, 3.8) is 0 Å². The number of amides is 1. The highest BCUT2D eigenvalue weighted by atomic mass is 32.2. The minimum Gasteiger partial charge on any atom is -0.379 e. The van der Waals surface area contributed by atoms with Crippen molar-refractivity contribution in [2.24, 2.45) is 0 Å². The molecule has 1 heterocycles. The SMILES string of the molecule is CN(C)c1ccc(N(CCC(=O)NCCN2CCOCC2)S(C)(=O)=O)cc1. The first-order chi connectivity index (χ1) is 12.8. The van der Waals surface area contributed by atoms with Gasteiger partial charge in [0.25, 0.3) is 0 Å². The second kappa shape index (κ2) is 9.91. The summed E-state index contributed by atoms with van der Waals surface area (Å²) in [5, 5.41) is 2.86. The molecule has 0 spiro atoms. The lowest BCUT2D eigenvalue weighted by molar-refractivity contribution is -0.120. The number of carbonyl (C=O) groups is 1. The fraction of sp³-hybridized carbons (Fsp3) is 0.611. The Morgan fingerprint density at radius 2 is 1.74 bits per heavy atom. The number of hydrogen-bond acceptors (Lipinski definition) is 6. The third-order valence-electron chi connectivity index (χ3n) is 4.45. The van der Waals surface area contributed by atoms with Crippen molar-refractivity contribution in [3.05, 3.63) is 24.3 Å². The summed E-state index contributed by atoms with van der Waals surface area (Å²) in [7, 11) is 0.376. The minimum atomic E-state index is -3.47. The van der Waals surface area contributed by atoms with Gasteiger partial charge in [-0.3, -0.25) is 14.0 Å². The fourth-order valence-electron chi connectivity index (χ4n) is 2.87. The van der Waals surface area contributed by atoms with Crippen molar-refractivity contribution in [3.8, 4) is 0 Å². The number of ether oxygens (including phenoxy) is 1. The maximum atomic E-state index is 12.1. The lowest BCUT2D eigenvalue weighted by atomic mass is 10.2. The second-order valence-electron chi connectivity index (χ2n) is 6.80. The Balaban J connectivity index is 1.85. The zero-order valence-electron chi connectivity index (χ0n) is 16.3. The van der Waals surface area contributed by atoms with Crippen LogP contribution in [0.3, 0.4) is 0 Å². The summed E-state index contributed by atoms with van der Waals surface area (Å²) in [5.74, 6) is -0.151.